The topological polar surface area (TPSA) is 51.6 Å². The Labute approximate surface area is 313 Å². The minimum Gasteiger partial charge on any atom is -0.264 e. The van der Waals surface area contributed by atoms with Crippen LogP contribution in [0.3, 0.4) is 0 Å². The van der Waals surface area contributed by atoms with Crippen molar-refractivity contribution < 1.29 is 0 Å². The van der Waals surface area contributed by atoms with E-state index in [0.29, 0.717) is 5.82 Å². The highest BCUT2D eigenvalue weighted by Crippen LogP contribution is 2.44. The molecule has 10 rings (SSSR count). The van der Waals surface area contributed by atoms with E-state index in [2.05, 4.69) is 156 Å². The van der Waals surface area contributed by atoms with Gasteiger partial charge in [0.1, 0.15) is 0 Å². The minimum atomic E-state index is 0.642. The second-order valence-electron chi connectivity index (χ2n) is 13.4. The van der Waals surface area contributed by atoms with Crippen molar-refractivity contribution in [3.05, 3.63) is 195 Å². The van der Waals surface area contributed by atoms with E-state index in [4.69, 9.17) is 9.97 Å². The van der Waals surface area contributed by atoms with Crippen LogP contribution in [0.2, 0.25) is 0 Å². The molecule has 0 aliphatic rings. The number of hydrogen-bond acceptors (Lipinski definition) is 4. The first-order valence-corrected chi connectivity index (χ1v) is 18.1. The van der Waals surface area contributed by atoms with E-state index in [-0.39, 0.29) is 0 Å². The van der Waals surface area contributed by atoms with Crippen LogP contribution < -0.4 is 0 Å². The Hall–Kier alpha value is -7.30. The largest absolute Gasteiger partial charge is 0.264 e. The van der Waals surface area contributed by atoms with Crippen LogP contribution in [0.4, 0.5) is 0 Å². The average molecular weight is 689 g/mol. The molecule has 0 spiro atoms. The first kappa shape index (κ1) is 31.4. The average Bonchev–Trinajstić information content (AvgIpc) is 3.25. The molecule has 252 valence electrons. The Kier molecular flexibility index (Phi) is 7.77. The van der Waals surface area contributed by atoms with E-state index < -0.39 is 0 Å². The molecule has 0 radical (unpaired) electrons. The maximum atomic E-state index is 5.33. The predicted molar refractivity (Wildman–Crippen MR) is 223 cm³/mol. The van der Waals surface area contributed by atoms with Gasteiger partial charge in [0.25, 0.3) is 0 Å². The van der Waals surface area contributed by atoms with Crippen molar-refractivity contribution in [1.82, 2.24) is 19.9 Å². The summed E-state index contributed by atoms with van der Waals surface area (Å²) >= 11 is 0. The lowest BCUT2D eigenvalue weighted by atomic mass is 9.85. The zero-order chi connectivity index (χ0) is 35.8. The molecule has 0 unspecified atom stereocenters. The molecule has 4 heteroatoms. The van der Waals surface area contributed by atoms with Gasteiger partial charge in [0, 0.05) is 52.4 Å². The van der Waals surface area contributed by atoms with Crippen molar-refractivity contribution in [2.24, 2.45) is 0 Å². The number of pyridine rings is 2. The Morgan fingerprint density at radius 3 is 1.61 bits per heavy atom. The molecule has 10 aromatic rings. The SMILES string of the molecule is c1ccc(-c2c3ccccc3c(-c3cccc(-c4cc(-c5cncc6ccccc56)nc(-c5ccccc5-c5cccnc5)n4)c3)c3ccccc23)cc1. The summed E-state index contributed by atoms with van der Waals surface area (Å²) in [5.74, 6) is 0.642. The third-order valence-electron chi connectivity index (χ3n) is 10.3. The zero-order valence-electron chi connectivity index (χ0n) is 29.3. The highest BCUT2D eigenvalue weighted by Gasteiger charge is 2.19. The van der Waals surface area contributed by atoms with Crippen molar-refractivity contribution in [2.45, 2.75) is 0 Å². The predicted octanol–water partition coefficient (Wildman–Crippen LogP) is 12.7. The summed E-state index contributed by atoms with van der Waals surface area (Å²) in [5.41, 5.74) is 11.4. The van der Waals surface area contributed by atoms with Gasteiger partial charge in [-0.25, -0.2) is 9.97 Å². The Bertz CT molecular complexity index is 2930. The van der Waals surface area contributed by atoms with Gasteiger partial charge in [-0.3, -0.25) is 9.97 Å². The lowest BCUT2D eigenvalue weighted by Gasteiger charge is -2.18. The van der Waals surface area contributed by atoms with Gasteiger partial charge < -0.3 is 0 Å². The van der Waals surface area contributed by atoms with Gasteiger partial charge in [-0.05, 0) is 72.9 Å². The molecule has 0 bridgehead atoms. The molecule has 0 atom stereocenters. The highest BCUT2D eigenvalue weighted by atomic mass is 14.9. The lowest BCUT2D eigenvalue weighted by molar-refractivity contribution is 1.18. The van der Waals surface area contributed by atoms with Crippen LogP contribution in [0.25, 0.3) is 99.6 Å². The molecule has 4 nitrogen and oxygen atoms in total. The zero-order valence-corrected chi connectivity index (χ0v) is 29.3. The summed E-state index contributed by atoms with van der Waals surface area (Å²) in [6.45, 7) is 0. The van der Waals surface area contributed by atoms with Crippen LogP contribution in [0, 0.1) is 0 Å². The van der Waals surface area contributed by atoms with E-state index in [1.807, 2.05) is 42.9 Å². The van der Waals surface area contributed by atoms with Crippen LogP contribution in [-0.2, 0) is 0 Å². The van der Waals surface area contributed by atoms with Crippen LogP contribution in [-0.4, -0.2) is 19.9 Å². The standard InChI is InChI=1S/C50H32N4/c1-2-14-33(15-3-1)48-40-22-7-9-24-42(40)49(43-25-10-8-23-41(43)48)35-18-12-17-34(28-35)46-29-47(45-32-52-31-36-16-4-5-21-39(36)45)54-50(53-46)44-26-11-6-20-38(44)37-19-13-27-51-30-37/h1-32H. The summed E-state index contributed by atoms with van der Waals surface area (Å²) in [6, 6.07) is 59.8. The van der Waals surface area contributed by atoms with E-state index in [9.17, 15) is 0 Å². The number of rotatable bonds is 6. The summed E-state index contributed by atoms with van der Waals surface area (Å²) in [6.07, 6.45) is 7.50. The fraction of sp³-hybridized carbons (Fsp3) is 0. The monoisotopic (exact) mass is 688 g/mol. The summed E-state index contributed by atoms with van der Waals surface area (Å²) in [4.78, 5) is 19.6. The number of benzene rings is 7. The Morgan fingerprint density at radius 2 is 0.889 bits per heavy atom. The van der Waals surface area contributed by atoms with Gasteiger partial charge in [-0.15, -0.1) is 0 Å². The van der Waals surface area contributed by atoms with Crippen LogP contribution in [0.5, 0.6) is 0 Å². The van der Waals surface area contributed by atoms with Gasteiger partial charge in [-0.2, -0.15) is 0 Å². The van der Waals surface area contributed by atoms with E-state index in [0.717, 1.165) is 55.5 Å². The van der Waals surface area contributed by atoms with Crippen molar-refractivity contribution in [3.8, 4) is 67.3 Å². The molecule has 54 heavy (non-hydrogen) atoms. The van der Waals surface area contributed by atoms with Crippen molar-refractivity contribution in [2.75, 3.05) is 0 Å². The number of aromatic nitrogens is 4. The second kappa shape index (κ2) is 13.4. The Morgan fingerprint density at radius 1 is 0.315 bits per heavy atom. The molecule has 7 aromatic carbocycles. The minimum absolute atomic E-state index is 0.642. The van der Waals surface area contributed by atoms with Gasteiger partial charge >= 0.3 is 0 Å². The van der Waals surface area contributed by atoms with Gasteiger partial charge in [-0.1, -0.05) is 152 Å². The van der Waals surface area contributed by atoms with Crippen LogP contribution in [0.1, 0.15) is 0 Å². The third-order valence-corrected chi connectivity index (χ3v) is 10.3. The van der Waals surface area contributed by atoms with Crippen molar-refractivity contribution in [1.29, 1.82) is 0 Å². The molecular formula is C50H32N4. The molecule has 0 saturated heterocycles. The van der Waals surface area contributed by atoms with Gasteiger partial charge in [0.2, 0.25) is 0 Å². The molecule has 0 amide bonds. The molecule has 0 aliphatic heterocycles. The summed E-state index contributed by atoms with van der Waals surface area (Å²) in [7, 11) is 0. The molecule has 0 aliphatic carbocycles. The van der Waals surface area contributed by atoms with Crippen LogP contribution in [0.15, 0.2) is 195 Å². The van der Waals surface area contributed by atoms with Crippen molar-refractivity contribution >= 4 is 32.3 Å². The van der Waals surface area contributed by atoms with E-state index in [1.54, 1.807) is 6.20 Å². The van der Waals surface area contributed by atoms with Crippen LogP contribution >= 0.6 is 0 Å². The van der Waals surface area contributed by atoms with Crippen molar-refractivity contribution in [3.63, 3.8) is 0 Å². The van der Waals surface area contributed by atoms with E-state index >= 15 is 0 Å². The maximum Gasteiger partial charge on any atom is 0.161 e. The maximum absolute atomic E-state index is 5.33. The number of nitrogens with zero attached hydrogens (tertiary/aromatic N) is 4. The lowest BCUT2D eigenvalue weighted by Crippen LogP contribution is -1.98. The van der Waals surface area contributed by atoms with E-state index in [1.165, 1.54) is 38.2 Å². The molecule has 0 fully saturated rings. The summed E-state index contributed by atoms with van der Waals surface area (Å²) in [5, 5.41) is 7.03. The molecular weight excluding hydrogens is 657 g/mol. The smallest absolute Gasteiger partial charge is 0.161 e. The molecule has 3 heterocycles. The molecule has 3 aromatic heterocycles. The first-order chi connectivity index (χ1) is 26.8. The highest BCUT2D eigenvalue weighted by molar-refractivity contribution is 6.21. The first-order valence-electron chi connectivity index (χ1n) is 18.1. The quantitative estimate of drug-likeness (QED) is 0.163. The normalized spacial score (nSPS) is 11.3. The van der Waals surface area contributed by atoms with Gasteiger partial charge in [0.15, 0.2) is 5.82 Å². The van der Waals surface area contributed by atoms with Gasteiger partial charge in [0.05, 0.1) is 11.4 Å². The third kappa shape index (κ3) is 5.49. The second-order valence-corrected chi connectivity index (χ2v) is 13.4. The Balaban J connectivity index is 1.21. The molecule has 0 saturated carbocycles. The number of hydrogen-bond donors (Lipinski definition) is 0. The fourth-order valence-electron chi connectivity index (χ4n) is 7.82. The fourth-order valence-corrected chi connectivity index (χ4v) is 7.82. The number of fused-ring (bicyclic) bond motifs is 3. The molecule has 0 N–H and O–H groups in total. The summed E-state index contributed by atoms with van der Waals surface area (Å²) < 4.78 is 0.